The molecule has 0 saturated carbocycles. The zero-order valence-electron chi connectivity index (χ0n) is 21.6. The average molecular weight is 560 g/mol. The molecule has 1 aromatic heterocycles. The Morgan fingerprint density at radius 3 is 2.23 bits per heavy atom. The molecule has 2 heterocycles. The zero-order chi connectivity index (χ0) is 28.3. The monoisotopic (exact) mass is 559 g/mol. The Hall–Kier alpha value is -4.45. The highest BCUT2D eigenvalue weighted by Gasteiger charge is 2.30. The van der Waals surface area contributed by atoms with Crippen LogP contribution in [0.25, 0.3) is 15.9 Å². The fraction of sp³-hybridized carbons (Fsp3) is 0.172. The molecule has 10 nitrogen and oxygen atoms in total. The van der Waals surface area contributed by atoms with Gasteiger partial charge in [0.1, 0.15) is 11.9 Å². The van der Waals surface area contributed by atoms with Crippen molar-refractivity contribution in [3.05, 3.63) is 107 Å². The van der Waals surface area contributed by atoms with E-state index in [1.54, 1.807) is 24.3 Å². The van der Waals surface area contributed by atoms with Crippen LogP contribution in [0, 0.1) is 0 Å². The predicted octanol–water partition coefficient (Wildman–Crippen LogP) is 3.85. The van der Waals surface area contributed by atoms with Gasteiger partial charge in [0.15, 0.2) is 0 Å². The third kappa shape index (κ3) is 6.23. The molecule has 0 radical (unpaired) electrons. The van der Waals surface area contributed by atoms with Gasteiger partial charge in [-0.15, -0.1) is 0 Å². The second-order valence-corrected chi connectivity index (χ2v) is 11.3. The van der Waals surface area contributed by atoms with Crippen molar-refractivity contribution in [3.63, 3.8) is 0 Å². The van der Waals surface area contributed by atoms with Crippen molar-refractivity contribution in [1.82, 2.24) is 25.3 Å². The van der Waals surface area contributed by atoms with Gasteiger partial charge in [-0.2, -0.15) is 0 Å². The molecule has 0 fully saturated rings. The summed E-state index contributed by atoms with van der Waals surface area (Å²) in [6.45, 7) is 1.38. The Labute approximate surface area is 232 Å². The maximum absolute atomic E-state index is 13.5. The Kier molecular flexibility index (Phi) is 7.69. The summed E-state index contributed by atoms with van der Waals surface area (Å²) in [5.74, 6) is -0.666. The molecular formula is C29H29N5O5S. The van der Waals surface area contributed by atoms with E-state index in [2.05, 4.69) is 20.3 Å². The summed E-state index contributed by atoms with van der Waals surface area (Å²) in [5, 5.41) is 5.83. The lowest BCUT2D eigenvalue weighted by Crippen LogP contribution is -2.48. The molecular weight excluding hydrogens is 530 g/mol. The SMILES string of the molecule is CC(=O)N[C@@H](Cc1ccccc1)C(=O)N[C@H](Cc1ccc(C2=CC(=O)NS2(O)O)cc1)c1nc2ccccc2[nH]1. The van der Waals surface area contributed by atoms with Crippen molar-refractivity contribution in [3.8, 4) is 0 Å². The number of benzene rings is 3. The minimum atomic E-state index is -3.39. The number of amides is 3. The smallest absolute Gasteiger partial charge is 0.264 e. The van der Waals surface area contributed by atoms with Gasteiger partial charge in [0.25, 0.3) is 5.91 Å². The van der Waals surface area contributed by atoms with Crippen molar-refractivity contribution in [2.24, 2.45) is 0 Å². The molecule has 2 atom stereocenters. The van der Waals surface area contributed by atoms with Crippen LogP contribution in [0.2, 0.25) is 0 Å². The minimum absolute atomic E-state index is 0.130. The molecule has 0 aliphatic carbocycles. The Morgan fingerprint density at radius 2 is 1.57 bits per heavy atom. The van der Waals surface area contributed by atoms with Gasteiger partial charge in [0.2, 0.25) is 11.8 Å². The van der Waals surface area contributed by atoms with E-state index in [-0.39, 0.29) is 16.7 Å². The van der Waals surface area contributed by atoms with Gasteiger partial charge in [0.05, 0.1) is 22.0 Å². The Balaban J connectivity index is 1.41. The fourth-order valence-electron chi connectivity index (χ4n) is 4.64. The second-order valence-electron chi connectivity index (χ2n) is 9.57. The number of aromatic nitrogens is 2. The maximum Gasteiger partial charge on any atom is 0.264 e. The van der Waals surface area contributed by atoms with E-state index < -0.39 is 28.8 Å². The van der Waals surface area contributed by atoms with Gasteiger partial charge in [-0.1, -0.05) is 77.5 Å². The topological polar surface area (TPSA) is 156 Å². The van der Waals surface area contributed by atoms with Crippen LogP contribution in [-0.4, -0.2) is 42.8 Å². The number of H-pyrrole nitrogens is 1. The first-order valence-electron chi connectivity index (χ1n) is 12.6. The van der Waals surface area contributed by atoms with Gasteiger partial charge in [-0.05, 0) is 35.2 Å². The first kappa shape index (κ1) is 27.1. The van der Waals surface area contributed by atoms with E-state index in [1.807, 2.05) is 54.6 Å². The number of nitrogens with zero attached hydrogens (tertiary/aromatic N) is 1. The number of hydrogen-bond acceptors (Lipinski definition) is 6. The van der Waals surface area contributed by atoms with E-state index >= 15 is 0 Å². The summed E-state index contributed by atoms with van der Waals surface area (Å²) in [7, 11) is -3.39. The highest BCUT2D eigenvalue weighted by molar-refractivity contribution is 8.31. The summed E-state index contributed by atoms with van der Waals surface area (Å²) in [6, 6.07) is 22.6. The molecule has 206 valence electrons. The van der Waals surface area contributed by atoms with Crippen LogP contribution in [0.3, 0.4) is 0 Å². The molecule has 11 heteroatoms. The normalized spacial score (nSPS) is 16.5. The zero-order valence-corrected chi connectivity index (χ0v) is 22.4. The summed E-state index contributed by atoms with van der Waals surface area (Å²) >= 11 is 0. The number of carbonyl (C=O) groups excluding carboxylic acids is 3. The molecule has 1 aliphatic rings. The first-order chi connectivity index (χ1) is 19.2. The van der Waals surface area contributed by atoms with Gasteiger partial charge < -0.3 is 15.6 Å². The van der Waals surface area contributed by atoms with E-state index in [1.165, 1.54) is 13.0 Å². The molecule has 4 aromatic rings. The lowest BCUT2D eigenvalue weighted by molar-refractivity contribution is -0.128. The van der Waals surface area contributed by atoms with Crippen LogP contribution < -0.4 is 15.4 Å². The van der Waals surface area contributed by atoms with Gasteiger partial charge >= 0.3 is 0 Å². The molecule has 0 spiro atoms. The summed E-state index contributed by atoms with van der Waals surface area (Å²) in [5.41, 5.74) is 3.83. The van der Waals surface area contributed by atoms with Crippen molar-refractivity contribution >= 4 is 44.4 Å². The summed E-state index contributed by atoms with van der Waals surface area (Å²) < 4.78 is 22.5. The second kappa shape index (κ2) is 11.3. The predicted molar refractivity (Wildman–Crippen MR) is 154 cm³/mol. The lowest BCUT2D eigenvalue weighted by Gasteiger charge is -2.29. The molecule has 3 aromatic carbocycles. The minimum Gasteiger partial charge on any atom is -0.344 e. The molecule has 0 unspecified atom stereocenters. The van der Waals surface area contributed by atoms with Crippen LogP contribution in [0.4, 0.5) is 0 Å². The van der Waals surface area contributed by atoms with Crippen LogP contribution in [0.5, 0.6) is 0 Å². The van der Waals surface area contributed by atoms with Crippen molar-refractivity contribution in [2.75, 3.05) is 0 Å². The van der Waals surface area contributed by atoms with E-state index in [9.17, 15) is 23.5 Å². The van der Waals surface area contributed by atoms with Crippen molar-refractivity contribution < 1.29 is 23.5 Å². The van der Waals surface area contributed by atoms with E-state index in [4.69, 9.17) is 4.98 Å². The number of imidazole rings is 1. The highest BCUT2D eigenvalue weighted by Crippen LogP contribution is 2.52. The van der Waals surface area contributed by atoms with Crippen molar-refractivity contribution in [2.45, 2.75) is 31.8 Å². The van der Waals surface area contributed by atoms with Crippen LogP contribution >= 0.6 is 10.8 Å². The van der Waals surface area contributed by atoms with Crippen LogP contribution in [0.1, 0.15) is 35.5 Å². The molecule has 3 amide bonds. The lowest BCUT2D eigenvalue weighted by atomic mass is 10.0. The number of nitrogens with one attached hydrogen (secondary N) is 4. The van der Waals surface area contributed by atoms with Gasteiger partial charge in [0, 0.05) is 19.4 Å². The van der Waals surface area contributed by atoms with Crippen LogP contribution in [-0.2, 0) is 27.2 Å². The third-order valence-electron chi connectivity index (χ3n) is 6.52. The number of carbonyl (C=O) groups is 3. The summed E-state index contributed by atoms with van der Waals surface area (Å²) in [4.78, 5) is 45.3. The number of fused-ring (bicyclic) bond motifs is 1. The number of rotatable bonds is 9. The average Bonchev–Trinajstić information content (AvgIpc) is 3.48. The van der Waals surface area contributed by atoms with Gasteiger partial charge in [-0.25, -0.2) is 9.71 Å². The first-order valence-corrected chi connectivity index (χ1v) is 14.2. The van der Waals surface area contributed by atoms with Gasteiger partial charge in [-0.3, -0.25) is 23.5 Å². The quantitative estimate of drug-likeness (QED) is 0.183. The summed E-state index contributed by atoms with van der Waals surface area (Å²) in [6.07, 6.45) is 1.86. The Bertz CT molecular complexity index is 1550. The highest BCUT2D eigenvalue weighted by atomic mass is 32.3. The molecule has 5 rings (SSSR count). The number of hydrogen-bond donors (Lipinski definition) is 6. The standard InChI is InChI=1S/C29H29N5O5S/c1-18(35)30-25(16-19-7-3-2-4-8-19)29(37)33-24(28-31-22-9-5-6-10-23(22)32-28)15-20-11-13-21(14-12-20)26-17-27(36)34-40(26,38)39/h2-14,17,24-25,38-39H,15-16H2,1H3,(H,30,35)(H,31,32)(H,33,37)(H,34,36)/t24-,25+/m1/s1. The van der Waals surface area contributed by atoms with Crippen LogP contribution in [0.15, 0.2) is 84.9 Å². The molecule has 0 saturated heterocycles. The van der Waals surface area contributed by atoms with Crippen molar-refractivity contribution in [1.29, 1.82) is 0 Å². The Morgan fingerprint density at radius 1 is 0.900 bits per heavy atom. The molecule has 1 aliphatic heterocycles. The molecule has 6 N–H and O–H groups in total. The van der Waals surface area contributed by atoms with E-state index in [0.29, 0.717) is 24.2 Å². The maximum atomic E-state index is 13.5. The molecule has 40 heavy (non-hydrogen) atoms. The molecule has 0 bridgehead atoms. The number of para-hydroxylation sites is 2. The van der Waals surface area contributed by atoms with E-state index in [0.717, 1.165) is 22.2 Å². The third-order valence-corrected chi connectivity index (χ3v) is 7.97. The number of aromatic amines is 1. The fourth-order valence-corrected chi connectivity index (χ4v) is 5.83. The largest absolute Gasteiger partial charge is 0.344 e.